The fraction of sp³-hybridized carbons (Fsp3) is 0.627. The molecule has 4 aliphatic rings. The third-order valence-electron chi connectivity index (χ3n) is 13.3. The Bertz CT molecular complexity index is 1920. The molecule has 0 radical (unpaired) electrons. The number of rotatable bonds is 13. The van der Waals surface area contributed by atoms with Crippen LogP contribution in [0.4, 0.5) is 4.79 Å². The Balaban J connectivity index is 0.000000300. The van der Waals surface area contributed by atoms with E-state index >= 15 is 0 Å². The van der Waals surface area contributed by atoms with Gasteiger partial charge in [0.05, 0.1) is 61.1 Å². The van der Waals surface area contributed by atoms with Crippen LogP contribution < -0.4 is 5.32 Å². The van der Waals surface area contributed by atoms with Crippen molar-refractivity contribution in [1.29, 1.82) is 0 Å². The molecule has 5 N–H and O–H groups in total. The standard InChI is InChI=1S/C28H47NO5.C14H19NO4.C7H6O2.C2H4O2/c1-7-28(31)10-8-19(2)24(26(28,3)4)21(9-11-29-12-14-33-15-13-29)25(30)27(5)17-20-18-34-22(20)16-23(27)32-6;1-14(2,3)19-13(18)15-11(9-12(16)17)10-7-5-4-6-8-10;8-7(9)6-4-2-1-3-5-6;1-2(3)4/h20-23,31H,7-18H2,1-6H3;4-8,11H,9H2,1-3H3,(H,15,18)(H,16,17);1-5H,(H,8,9);1H3,(H,3,4)/t20?,21-,22-,23+,27?,28+;11-;;/m11../s1. The Morgan fingerprint density at radius 3 is 1.98 bits per heavy atom. The number of Topliss-reactive ketones (excluding diaryl/α,β-unsaturated/α-hetero) is 1. The number of alkyl carbamates (subject to hydrolysis) is 1. The predicted molar refractivity (Wildman–Crippen MR) is 250 cm³/mol. The Morgan fingerprint density at radius 2 is 1.52 bits per heavy atom. The highest BCUT2D eigenvalue weighted by Crippen LogP contribution is 2.55. The maximum Gasteiger partial charge on any atom is 0.408 e. The molecule has 0 bridgehead atoms. The average molecular weight is 925 g/mol. The molecule has 0 aromatic heterocycles. The van der Waals surface area contributed by atoms with Crippen LogP contribution in [0.3, 0.4) is 0 Å². The molecule has 2 unspecified atom stereocenters. The van der Waals surface area contributed by atoms with E-state index in [2.05, 4.69) is 44.8 Å². The van der Waals surface area contributed by atoms with E-state index in [4.69, 9.17) is 39.1 Å². The summed E-state index contributed by atoms with van der Waals surface area (Å²) in [4.78, 5) is 58.9. The van der Waals surface area contributed by atoms with E-state index in [1.807, 2.05) is 6.07 Å². The number of nitrogens with one attached hydrogen (secondary N) is 1. The molecule has 2 heterocycles. The molecule has 2 aromatic rings. The van der Waals surface area contributed by atoms with Gasteiger partial charge in [-0.25, -0.2) is 9.59 Å². The first-order valence-corrected chi connectivity index (χ1v) is 23.0. The quantitative estimate of drug-likeness (QED) is 0.120. The van der Waals surface area contributed by atoms with Crippen molar-refractivity contribution < 1.29 is 63.3 Å². The number of carboxylic acid groups (broad SMARTS) is 3. The minimum atomic E-state index is -0.982. The summed E-state index contributed by atoms with van der Waals surface area (Å²) in [5.74, 6) is -2.15. The number of ether oxygens (including phenoxy) is 4. The normalized spacial score (nSPS) is 25.5. The number of carboxylic acids is 3. The Kier molecular flexibility index (Phi) is 21.0. The zero-order valence-electron chi connectivity index (χ0n) is 40.8. The summed E-state index contributed by atoms with van der Waals surface area (Å²) in [7, 11) is 1.74. The second kappa shape index (κ2) is 24.9. The number of hydrogen-bond acceptors (Lipinski definition) is 11. The Hall–Kier alpha value is -4.67. The lowest BCUT2D eigenvalue weighted by molar-refractivity contribution is -0.200. The van der Waals surface area contributed by atoms with Crippen molar-refractivity contribution in [2.24, 2.45) is 22.7 Å². The molecule has 0 spiro atoms. The van der Waals surface area contributed by atoms with Crippen LogP contribution in [-0.2, 0) is 33.3 Å². The van der Waals surface area contributed by atoms with E-state index < -0.39 is 52.1 Å². The summed E-state index contributed by atoms with van der Waals surface area (Å²) in [6.07, 6.45) is 3.99. The Labute approximate surface area is 391 Å². The number of aliphatic hydroxyl groups is 1. The molecule has 3 fully saturated rings. The van der Waals surface area contributed by atoms with Gasteiger partial charge in [-0.05, 0) is 84.0 Å². The summed E-state index contributed by atoms with van der Waals surface area (Å²) >= 11 is 0. The number of hydrogen-bond donors (Lipinski definition) is 5. The molecule has 1 saturated carbocycles. The zero-order valence-corrected chi connectivity index (χ0v) is 40.8. The predicted octanol–water partition coefficient (Wildman–Crippen LogP) is 8.20. The van der Waals surface area contributed by atoms with Crippen LogP contribution in [0, 0.1) is 22.7 Å². The third kappa shape index (κ3) is 15.7. The number of methoxy groups -OCH3 is 1. The number of nitrogens with zero attached hydrogens (tertiary/aromatic N) is 1. The molecular weight excluding hydrogens is 849 g/mol. The van der Waals surface area contributed by atoms with Crippen molar-refractivity contribution in [1.82, 2.24) is 10.2 Å². The van der Waals surface area contributed by atoms with E-state index in [0.717, 1.165) is 84.0 Å². The number of morpholine rings is 1. The maximum atomic E-state index is 14.7. The molecule has 2 saturated heterocycles. The van der Waals surface area contributed by atoms with Crippen LogP contribution >= 0.6 is 0 Å². The minimum Gasteiger partial charge on any atom is -0.481 e. The molecular formula is C51H76N2O13. The number of carbonyl (C=O) groups is 5. The summed E-state index contributed by atoms with van der Waals surface area (Å²) in [6.45, 7) is 22.0. The number of fused-ring (bicyclic) bond motifs is 1. The number of amides is 1. The maximum absolute atomic E-state index is 14.7. The smallest absolute Gasteiger partial charge is 0.408 e. The van der Waals surface area contributed by atoms with Gasteiger partial charge in [-0.1, -0.05) is 87.4 Å². The molecule has 15 heteroatoms. The van der Waals surface area contributed by atoms with Crippen molar-refractivity contribution in [3.63, 3.8) is 0 Å². The molecule has 1 amide bonds. The molecule has 2 aromatic carbocycles. The van der Waals surface area contributed by atoms with Crippen molar-refractivity contribution >= 4 is 29.8 Å². The average Bonchev–Trinajstić information content (AvgIpc) is 3.25. The molecule has 368 valence electrons. The van der Waals surface area contributed by atoms with Crippen LogP contribution in [0.5, 0.6) is 0 Å². The molecule has 15 nitrogen and oxygen atoms in total. The molecule has 2 aliphatic carbocycles. The largest absolute Gasteiger partial charge is 0.481 e. The van der Waals surface area contributed by atoms with Crippen molar-refractivity contribution in [3.8, 4) is 0 Å². The first-order valence-electron chi connectivity index (χ1n) is 23.0. The minimum absolute atomic E-state index is 0.134. The lowest BCUT2D eigenvalue weighted by atomic mass is 9.54. The third-order valence-corrected chi connectivity index (χ3v) is 13.3. The van der Waals surface area contributed by atoms with Gasteiger partial charge in [-0.15, -0.1) is 0 Å². The highest BCUT2D eigenvalue weighted by atomic mass is 16.6. The van der Waals surface area contributed by atoms with E-state index in [9.17, 15) is 24.3 Å². The van der Waals surface area contributed by atoms with Crippen molar-refractivity contribution in [3.05, 3.63) is 82.9 Å². The number of allylic oxidation sites excluding steroid dienone is 1. The second-order valence-electron chi connectivity index (χ2n) is 19.5. The van der Waals surface area contributed by atoms with Gasteiger partial charge >= 0.3 is 18.0 Å². The van der Waals surface area contributed by atoms with Gasteiger partial charge in [-0.3, -0.25) is 19.3 Å². The highest BCUT2D eigenvalue weighted by Gasteiger charge is 2.57. The number of benzene rings is 2. The number of aromatic carboxylic acids is 1. The number of ketones is 1. The van der Waals surface area contributed by atoms with Crippen LogP contribution in [-0.4, -0.2) is 125 Å². The van der Waals surface area contributed by atoms with Gasteiger partial charge in [0.2, 0.25) is 0 Å². The zero-order chi connectivity index (χ0) is 49.5. The van der Waals surface area contributed by atoms with Gasteiger partial charge < -0.3 is 44.7 Å². The van der Waals surface area contributed by atoms with Crippen LogP contribution in [0.15, 0.2) is 71.8 Å². The lowest BCUT2D eigenvalue weighted by Gasteiger charge is -2.54. The summed E-state index contributed by atoms with van der Waals surface area (Å²) in [6, 6.07) is 16.6. The summed E-state index contributed by atoms with van der Waals surface area (Å²) < 4.78 is 22.4. The van der Waals surface area contributed by atoms with Gasteiger partial charge in [0, 0.05) is 50.8 Å². The van der Waals surface area contributed by atoms with Crippen LogP contribution in [0.25, 0.3) is 0 Å². The molecule has 2 aliphatic heterocycles. The second-order valence-corrected chi connectivity index (χ2v) is 19.5. The van der Waals surface area contributed by atoms with Gasteiger partial charge in [-0.2, -0.15) is 0 Å². The van der Waals surface area contributed by atoms with E-state index in [0.29, 0.717) is 23.7 Å². The van der Waals surface area contributed by atoms with E-state index in [1.54, 1.807) is 82.5 Å². The van der Waals surface area contributed by atoms with Crippen molar-refractivity contribution in [2.45, 2.75) is 137 Å². The van der Waals surface area contributed by atoms with Gasteiger partial charge in [0.1, 0.15) is 11.4 Å². The van der Waals surface area contributed by atoms with Gasteiger partial charge in [0.15, 0.2) is 0 Å². The van der Waals surface area contributed by atoms with E-state index in [1.165, 1.54) is 11.1 Å². The fourth-order valence-electron chi connectivity index (χ4n) is 9.64. The van der Waals surface area contributed by atoms with E-state index in [-0.39, 0.29) is 24.5 Å². The van der Waals surface area contributed by atoms with Crippen LogP contribution in [0.2, 0.25) is 0 Å². The van der Waals surface area contributed by atoms with Gasteiger partial charge in [0.25, 0.3) is 5.97 Å². The topological polar surface area (TPSA) is 218 Å². The van der Waals surface area contributed by atoms with Crippen LogP contribution in [0.1, 0.15) is 129 Å². The SMILES string of the molecule is CC(=O)O.CC(C)(C)OC(=O)N[C@H](CC(=O)O)c1ccccc1.CC[C@]1(O)CCC(C)=C([C@@H](CCN2CCOCC2)C(=O)C2(C)CC3CO[C@@H]3C[C@@H]2OC)C1(C)C.O=C(O)c1ccccc1. The number of aliphatic carboxylic acids is 2. The first-order chi connectivity index (χ1) is 30.9. The molecule has 66 heavy (non-hydrogen) atoms. The number of carbonyl (C=O) groups excluding carboxylic acids is 2. The van der Waals surface area contributed by atoms with Crippen molar-refractivity contribution in [2.75, 3.05) is 46.6 Å². The monoisotopic (exact) mass is 925 g/mol. The lowest BCUT2D eigenvalue weighted by Crippen LogP contribution is -2.59. The summed E-state index contributed by atoms with van der Waals surface area (Å²) in [5.41, 5.74) is 1.14. The first kappa shape index (κ1) is 55.7. The summed E-state index contributed by atoms with van der Waals surface area (Å²) in [5, 5.41) is 39.0. The Morgan fingerprint density at radius 1 is 0.939 bits per heavy atom. The molecule has 6 rings (SSSR count). The highest BCUT2D eigenvalue weighted by molar-refractivity contribution is 5.90. The fourth-order valence-corrected chi connectivity index (χ4v) is 9.64. The molecule has 7 atom stereocenters.